The molecule has 0 aliphatic carbocycles. The first kappa shape index (κ1) is 22.2. The lowest BCUT2D eigenvalue weighted by Gasteiger charge is -2.22. The van der Waals surface area contributed by atoms with Crippen molar-refractivity contribution in [2.45, 2.75) is 18.7 Å². The Kier molecular flexibility index (Phi) is 6.18. The molecule has 9 heteroatoms. The smallest absolute Gasteiger partial charge is 0.341 e. The third kappa shape index (κ3) is 4.08. The zero-order chi connectivity index (χ0) is 23.5. The van der Waals surface area contributed by atoms with Gasteiger partial charge < -0.3 is 15.3 Å². The van der Waals surface area contributed by atoms with Crippen LogP contribution in [0.15, 0.2) is 105 Å². The van der Waals surface area contributed by atoms with E-state index in [4.69, 9.17) is 0 Å². The van der Waals surface area contributed by atoms with Crippen molar-refractivity contribution in [2.24, 2.45) is 0 Å². The molecule has 1 aromatic heterocycles. The van der Waals surface area contributed by atoms with Crippen molar-refractivity contribution in [1.29, 1.82) is 0 Å². The SMILES string of the molecule is O=c1n(C(O)c2ccccc2)c(=O)n(C(O)c2ccccc2)c(=O)n1C(O)c1ccccc1. The van der Waals surface area contributed by atoms with Crippen molar-refractivity contribution in [3.8, 4) is 0 Å². The van der Waals surface area contributed by atoms with Crippen LogP contribution in [0.5, 0.6) is 0 Å². The Hall–Kier alpha value is -4.05. The summed E-state index contributed by atoms with van der Waals surface area (Å²) in [4.78, 5) is 39.8. The van der Waals surface area contributed by atoms with Crippen LogP contribution >= 0.6 is 0 Å². The van der Waals surface area contributed by atoms with E-state index in [9.17, 15) is 29.7 Å². The van der Waals surface area contributed by atoms with Gasteiger partial charge in [0.1, 0.15) is 0 Å². The van der Waals surface area contributed by atoms with Gasteiger partial charge in [0.25, 0.3) is 0 Å². The van der Waals surface area contributed by atoms with Crippen molar-refractivity contribution >= 4 is 0 Å². The van der Waals surface area contributed by atoms with Gasteiger partial charge in [-0.1, -0.05) is 91.0 Å². The highest BCUT2D eigenvalue weighted by Gasteiger charge is 2.28. The number of benzene rings is 3. The molecular weight excluding hydrogens is 426 g/mol. The molecule has 4 aromatic rings. The van der Waals surface area contributed by atoms with Crippen molar-refractivity contribution in [1.82, 2.24) is 13.7 Å². The van der Waals surface area contributed by atoms with Crippen molar-refractivity contribution in [3.05, 3.63) is 139 Å². The summed E-state index contributed by atoms with van der Waals surface area (Å²) in [5, 5.41) is 32.6. The van der Waals surface area contributed by atoms with Gasteiger partial charge in [-0.2, -0.15) is 0 Å². The molecule has 9 nitrogen and oxygen atoms in total. The van der Waals surface area contributed by atoms with E-state index >= 15 is 0 Å². The Bertz CT molecular complexity index is 1210. The Morgan fingerprint density at radius 2 is 0.636 bits per heavy atom. The van der Waals surface area contributed by atoms with E-state index in [0.717, 1.165) is 0 Å². The van der Waals surface area contributed by atoms with Gasteiger partial charge >= 0.3 is 17.1 Å². The van der Waals surface area contributed by atoms with Gasteiger partial charge in [-0.25, -0.2) is 28.1 Å². The second-order valence-electron chi connectivity index (χ2n) is 7.31. The van der Waals surface area contributed by atoms with Crippen LogP contribution in [-0.4, -0.2) is 29.0 Å². The molecule has 33 heavy (non-hydrogen) atoms. The van der Waals surface area contributed by atoms with Crippen LogP contribution in [0.1, 0.15) is 35.4 Å². The number of hydrogen-bond donors (Lipinski definition) is 3. The normalized spacial score (nSPS) is 13.9. The zero-order valence-corrected chi connectivity index (χ0v) is 17.3. The van der Waals surface area contributed by atoms with Gasteiger partial charge in [0.15, 0.2) is 18.7 Å². The zero-order valence-electron chi connectivity index (χ0n) is 17.3. The topological polar surface area (TPSA) is 127 Å². The molecule has 3 unspecified atom stereocenters. The van der Waals surface area contributed by atoms with E-state index in [1.165, 1.54) is 36.4 Å². The summed E-state index contributed by atoms with van der Waals surface area (Å²) < 4.78 is 1.28. The molecule has 0 bridgehead atoms. The molecule has 0 aliphatic rings. The van der Waals surface area contributed by atoms with Crippen molar-refractivity contribution in [2.75, 3.05) is 0 Å². The number of nitrogens with zero attached hydrogens (tertiary/aromatic N) is 3. The molecule has 0 fully saturated rings. The minimum Gasteiger partial charge on any atom is -0.369 e. The summed E-state index contributed by atoms with van der Waals surface area (Å²) in [5.74, 6) is 0. The van der Waals surface area contributed by atoms with Crippen molar-refractivity contribution in [3.63, 3.8) is 0 Å². The van der Waals surface area contributed by atoms with E-state index in [0.29, 0.717) is 13.7 Å². The third-order valence-corrected chi connectivity index (χ3v) is 5.26. The molecule has 0 saturated carbocycles. The fourth-order valence-corrected chi connectivity index (χ4v) is 3.54. The minimum atomic E-state index is -1.77. The number of rotatable bonds is 6. The van der Waals surface area contributed by atoms with Gasteiger partial charge in [-0.3, -0.25) is 0 Å². The first-order valence-corrected chi connectivity index (χ1v) is 10.1. The summed E-state index contributed by atoms with van der Waals surface area (Å²) in [6.45, 7) is 0. The predicted octanol–water partition coefficient (Wildman–Crippen LogP) is 0.789. The van der Waals surface area contributed by atoms with Crippen LogP contribution in [0.25, 0.3) is 0 Å². The van der Waals surface area contributed by atoms with E-state index in [1.807, 2.05) is 0 Å². The maximum atomic E-state index is 13.3. The Morgan fingerprint density at radius 1 is 0.424 bits per heavy atom. The summed E-state index contributed by atoms with van der Waals surface area (Å²) in [5.41, 5.74) is -3.07. The largest absolute Gasteiger partial charge is 0.369 e. The van der Waals surface area contributed by atoms with E-state index in [2.05, 4.69) is 0 Å². The lowest BCUT2D eigenvalue weighted by Crippen LogP contribution is -2.57. The molecule has 0 amide bonds. The lowest BCUT2D eigenvalue weighted by molar-refractivity contribution is 0.0788. The van der Waals surface area contributed by atoms with E-state index in [1.54, 1.807) is 54.6 Å². The molecule has 3 aromatic carbocycles. The second kappa shape index (κ2) is 9.21. The number of aromatic nitrogens is 3. The van der Waals surface area contributed by atoms with Crippen molar-refractivity contribution < 1.29 is 15.3 Å². The Labute approximate surface area is 187 Å². The average Bonchev–Trinajstić information content (AvgIpc) is 2.85. The molecule has 0 aliphatic heterocycles. The molecule has 3 atom stereocenters. The molecule has 0 radical (unpaired) electrons. The van der Waals surface area contributed by atoms with Crippen LogP contribution in [0.4, 0.5) is 0 Å². The van der Waals surface area contributed by atoms with Gasteiger partial charge in [0, 0.05) is 16.7 Å². The quantitative estimate of drug-likeness (QED) is 0.401. The molecule has 0 spiro atoms. The Morgan fingerprint density at radius 3 is 0.848 bits per heavy atom. The van der Waals surface area contributed by atoms with Crippen LogP contribution in [-0.2, 0) is 0 Å². The fraction of sp³-hybridized carbons (Fsp3) is 0.125. The molecule has 0 saturated heterocycles. The summed E-state index contributed by atoms with van der Waals surface area (Å²) in [6, 6.07) is 23.7. The third-order valence-electron chi connectivity index (χ3n) is 5.26. The monoisotopic (exact) mass is 447 g/mol. The molecule has 4 rings (SSSR count). The minimum absolute atomic E-state index is 0.205. The van der Waals surface area contributed by atoms with E-state index in [-0.39, 0.29) is 16.7 Å². The molecule has 3 N–H and O–H groups in total. The highest BCUT2D eigenvalue weighted by Crippen LogP contribution is 2.16. The van der Waals surface area contributed by atoms with Gasteiger partial charge in [0.2, 0.25) is 0 Å². The second-order valence-corrected chi connectivity index (χ2v) is 7.31. The van der Waals surface area contributed by atoms with Crippen LogP contribution in [0, 0.1) is 0 Å². The Balaban J connectivity index is 2.02. The first-order chi connectivity index (χ1) is 15.9. The van der Waals surface area contributed by atoms with Gasteiger partial charge in [-0.15, -0.1) is 0 Å². The maximum Gasteiger partial charge on any atom is 0.341 e. The average molecular weight is 447 g/mol. The standard InChI is InChI=1S/C24H21N3O6/c28-19(16-10-4-1-5-11-16)25-22(31)26(20(29)17-12-6-2-7-13-17)24(33)27(23(25)32)21(30)18-14-8-3-9-15-18/h1-15,19-21,28-30H. The van der Waals surface area contributed by atoms with Gasteiger partial charge in [0.05, 0.1) is 0 Å². The molecular formula is C24H21N3O6. The van der Waals surface area contributed by atoms with Crippen LogP contribution in [0.3, 0.4) is 0 Å². The lowest BCUT2D eigenvalue weighted by atomic mass is 10.2. The van der Waals surface area contributed by atoms with Crippen LogP contribution in [0.2, 0.25) is 0 Å². The fourth-order valence-electron chi connectivity index (χ4n) is 3.54. The maximum absolute atomic E-state index is 13.3. The number of aliphatic hydroxyl groups excluding tert-OH is 3. The van der Waals surface area contributed by atoms with Crippen LogP contribution < -0.4 is 17.1 Å². The summed E-state index contributed by atoms with van der Waals surface area (Å²) >= 11 is 0. The predicted molar refractivity (Wildman–Crippen MR) is 120 cm³/mol. The van der Waals surface area contributed by atoms with E-state index < -0.39 is 35.8 Å². The summed E-state index contributed by atoms with van der Waals surface area (Å²) in [7, 11) is 0. The number of aliphatic hydroxyl groups is 3. The molecule has 168 valence electrons. The highest BCUT2D eigenvalue weighted by molar-refractivity contribution is 5.21. The highest BCUT2D eigenvalue weighted by atomic mass is 16.3. The summed E-state index contributed by atoms with van der Waals surface area (Å²) in [6.07, 6.45) is -5.30. The van der Waals surface area contributed by atoms with Gasteiger partial charge in [-0.05, 0) is 0 Å². The molecule has 1 heterocycles. The number of hydrogen-bond acceptors (Lipinski definition) is 6. The first-order valence-electron chi connectivity index (χ1n) is 10.1.